The lowest BCUT2D eigenvalue weighted by molar-refractivity contribution is 0.128. The number of hydrogen-bond donors (Lipinski definition) is 3. The molecule has 3 rings (SSSR count). The van der Waals surface area contributed by atoms with E-state index < -0.39 is 0 Å². The van der Waals surface area contributed by atoms with Crippen molar-refractivity contribution in [1.82, 2.24) is 10.3 Å². The maximum atomic E-state index is 9.61. The van der Waals surface area contributed by atoms with Crippen molar-refractivity contribution in [3.8, 4) is 0 Å². The Morgan fingerprint density at radius 3 is 2.84 bits per heavy atom. The molecule has 0 saturated heterocycles. The summed E-state index contributed by atoms with van der Waals surface area (Å²) in [5.41, 5.74) is 2.65. The second-order valence-electron chi connectivity index (χ2n) is 5.83. The van der Waals surface area contributed by atoms with Gasteiger partial charge in [0.2, 0.25) is 0 Å². The van der Waals surface area contributed by atoms with E-state index in [1.807, 2.05) is 6.20 Å². The van der Waals surface area contributed by atoms with Crippen LogP contribution >= 0.6 is 0 Å². The van der Waals surface area contributed by atoms with Gasteiger partial charge in [0.1, 0.15) is 0 Å². The number of benzene rings is 1. The van der Waals surface area contributed by atoms with Crippen molar-refractivity contribution >= 4 is 10.9 Å². The molecular formula is C16H22N2O. The van der Waals surface area contributed by atoms with Crippen molar-refractivity contribution < 1.29 is 5.11 Å². The first-order chi connectivity index (χ1) is 9.33. The fourth-order valence-electron chi connectivity index (χ4n) is 3.28. The molecule has 1 aliphatic carbocycles. The average Bonchev–Trinajstić information content (AvgIpc) is 3.08. The van der Waals surface area contributed by atoms with Gasteiger partial charge in [0, 0.05) is 36.8 Å². The van der Waals surface area contributed by atoms with E-state index in [1.165, 1.54) is 29.3 Å². The van der Waals surface area contributed by atoms with Crippen LogP contribution in [0.4, 0.5) is 0 Å². The van der Waals surface area contributed by atoms with Crippen LogP contribution in [-0.2, 0) is 6.54 Å². The van der Waals surface area contributed by atoms with Crippen LogP contribution in [0.25, 0.3) is 10.9 Å². The van der Waals surface area contributed by atoms with Gasteiger partial charge >= 0.3 is 0 Å². The largest absolute Gasteiger partial charge is 0.396 e. The number of rotatable bonds is 5. The summed E-state index contributed by atoms with van der Waals surface area (Å²) in [5.74, 6) is 0. The molecule has 1 fully saturated rings. The Kier molecular flexibility index (Phi) is 3.58. The number of H-pyrrole nitrogens is 1. The number of nitrogens with one attached hydrogen (secondary N) is 2. The van der Waals surface area contributed by atoms with Crippen LogP contribution in [0.1, 0.15) is 31.2 Å². The van der Waals surface area contributed by atoms with Gasteiger partial charge in [0.25, 0.3) is 0 Å². The summed E-state index contributed by atoms with van der Waals surface area (Å²) in [6.07, 6.45) is 6.82. The number of hydrogen-bond acceptors (Lipinski definition) is 2. The van der Waals surface area contributed by atoms with E-state index in [9.17, 15) is 5.11 Å². The normalized spacial score (nSPS) is 18.2. The molecule has 0 spiro atoms. The molecule has 0 bridgehead atoms. The van der Waals surface area contributed by atoms with Crippen molar-refractivity contribution in [3.05, 3.63) is 36.0 Å². The van der Waals surface area contributed by atoms with Gasteiger partial charge in [-0.05, 0) is 29.9 Å². The van der Waals surface area contributed by atoms with Crippen LogP contribution in [0.15, 0.2) is 30.5 Å². The number of aromatic nitrogens is 1. The van der Waals surface area contributed by atoms with Crippen LogP contribution < -0.4 is 5.32 Å². The monoisotopic (exact) mass is 258 g/mol. The smallest absolute Gasteiger partial charge is 0.0499 e. The number of aliphatic hydroxyl groups is 1. The lowest BCUT2D eigenvalue weighted by atomic mass is 9.87. The summed E-state index contributed by atoms with van der Waals surface area (Å²) < 4.78 is 0. The summed E-state index contributed by atoms with van der Waals surface area (Å²) >= 11 is 0. The van der Waals surface area contributed by atoms with Crippen molar-refractivity contribution in [2.24, 2.45) is 5.41 Å². The molecule has 0 aliphatic heterocycles. The van der Waals surface area contributed by atoms with Crippen LogP contribution in [0.3, 0.4) is 0 Å². The summed E-state index contributed by atoms with van der Waals surface area (Å²) in [7, 11) is 0. The topological polar surface area (TPSA) is 48.0 Å². The predicted octanol–water partition coefficient (Wildman–Crippen LogP) is 2.81. The molecule has 3 nitrogen and oxygen atoms in total. The Morgan fingerprint density at radius 1 is 1.21 bits per heavy atom. The first-order valence-electron chi connectivity index (χ1n) is 7.20. The molecule has 1 aromatic carbocycles. The Balaban J connectivity index is 1.64. The molecule has 0 atom stereocenters. The van der Waals surface area contributed by atoms with Gasteiger partial charge in [-0.3, -0.25) is 0 Å². The van der Waals surface area contributed by atoms with Crippen LogP contribution in [0, 0.1) is 5.41 Å². The zero-order valence-corrected chi connectivity index (χ0v) is 11.3. The highest BCUT2D eigenvalue weighted by Gasteiger charge is 2.32. The van der Waals surface area contributed by atoms with Gasteiger partial charge in [-0.2, -0.15) is 0 Å². The van der Waals surface area contributed by atoms with E-state index in [0.717, 1.165) is 25.9 Å². The van der Waals surface area contributed by atoms with Crippen LogP contribution in [0.2, 0.25) is 0 Å². The Labute approximate surface area is 114 Å². The van der Waals surface area contributed by atoms with E-state index >= 15 is 0 Å². The van der Waals surface area contributed by atoms with Gasteiger partial charge < -0.3 is 15.4 Å². The van der Waals surface area contributed by atoms with E-state index in [0.29, 0.717) is 6.61 Å². The SMILES string of the molecule is OCC1(CNCc2cccc3cc[nH]c23)CCCC1. The van der Waals surface area contributed by atoms with Crippen LogP contribution in [0.5, 0.6) is 0 Å². The van der Waals surface area contributed by atoms with Gasteiger partial charge in [-0.15, -0.1) is 0 Å². The number of fused-ring (bicyclic) bond motifs is 1. The standard InChI is InChI=1S/C16H22N2O/c19-12-16(7-1-2-8-16)11-17-10-14-5-3-4-13-6-9-18-15(13)14/h3-6,9,17-19H,1-2,7-8,10-12H2. The first kappa shape index (κ1) is 12.7. The maximum absolute atomic E-state index is 9.61. The predicted molar refractivity (Wildman–Crippen MR) is 78.0 cm³/mol. The maximum Gasteiger partial charge on any atom is 0.0499 e. The van der Waals surface area contributed by atoms with Gasteiger partial charge in [0.15, 0.2) is 0 Å². The lowest BCUT2D eigenvalue weighted by Crippen LogP contribution is -2.34. The second kappa shape index (κ2) is 5.35. The van der Waals surface area contributed by atoms with E-state index in [4.69, 9.17) is 0 Å². The van der Waals surface area contributed by atoms with Gasteiger partial charge in [-0.1, -0.05) is 31.0 Å². The lowest BCUT2D eigenvalue weighted by Gasteiger charge is -2.26. The second-order valence-corrected chi connectivity index (χ2v) is 5.83. The molecular weight excluding hydrogens is 236 g/mol. The van der Waals surface area contributed by atoms with E-state index in [-0.39, 0.29) is 5.41 Å². The number of aromatic amines is 1. The molecule has 0 amide bonds. The highest BCUT2D eigenvalue weighted by molar-refractivity contribution is 5.82. The third-order valence-corrected chi connectivity index (χ3v) is 4.49. The van der Waals surface area contributed by atoms with Crippen molar-refractivity contribution in [2.75, 3.05) is 13.2 Å². The molecule has 1 aromatic heterocycles. The molecule has 19 heavy (non-hydrogen) atoms. The molecule has 1 aliphatic rings. The fourth-order valence-corrected chi connectivity index (χ4v) is 3.28. The zero-order valence-electron chi connectivity index (χ0n) is 11.3. The molecule has 2 aromatic rings. The fraction of sp³-hybridized carbons (Fsp3) is 0.500. The molecule has 3 heteroatoms. The molecule has 1 saturated carbocycles. The van der Waals surface area contributed by atoms with Crippen LogP contribution in [-0.4, -0.2) is 23.2 Å². The Morgan fingerprint density at radius 2 is 2.05 bits per heavy atom. The highest BCUT2D eigenvalue weighted by Crippen LogP contribution is 2.36. The minimum atomic E-state index is 0.129. The highest BCUT2D eigenvalue weighted by atomic mass is 16.3. The van der Waals surface area contributed by atoms with Gasteiger partial charge in [0.05, 0.1) is 0 Å². The third-order valence-electron chi connectivity index (χ3n) is 4.49. The molecule has 1 heterocycles. The minimum absolute atomic E-state index is 0.129. The van der Waals surface area contributed by atoms with Crippen molar-refractivity contribution in [3.63, 3.8) is 0 Å². The molecule has 0 unspecified atom stereocenters. The summed E-state index contributed by atoms with van der Waals surface area (Å²) in [4.78, 5) is 3.30. The summed E-state index contributed by atoms with van der Waals surface area (Å²) in [5, 5.41) is 14.4. The number of para-hydroxylation sites is 1. The van der Waals surface area contributed by atoms with E-state index in [1.54, 1.807) is 0 Å². The molecule has 0 radical (unpaired) electrons. The summed E-state index contributed by atoms with van der Waals surface area (Å²) in [6, 6.07) is 8.49. The van der Waals surface area contributed by atoms with Crippen molar-refractivity contribution in [2.45, 2.75) is 32.2 Å². The molecule has 3 N–H and O–H groups in total. The van der Waals surface area contributed by atoms with Gasteiger partial charge in [-0.25, -0.2) is 0 Å². The molecule has 102 valence electrons. The quantitative estimate of drug-likeness (QED) is 0.772. The van der Waals surface area contributed by atoms with E-state index in [2.05, 4.69) is 34.6 Å². The summed E-state index contributed by atoms with van der Waals surface area (Å²) in [6.45, 7) is 2.09. The Bertz CT molecular complexity index is 540. The minimum Gasteiger partial charge on any atom is -0.396 e. The average molecular weight is 258 g/mol. The first-order valence-corrected chi connectivity index (χ1v) is 7.20. The number of aliphatic hydroxyl groups excluding tert-OH is 1. The third kappa shape index (κ3) is 2.53. The van der Waals surface area contributed by atoms with Crippen molar-refractivity contribution in [1.29, 1.82) is 0 Å². The zero-order chi connectivity index (χ0) is 13.1. The Hall–Kier alpha value is -1.32.